The Morgan fingerprint density at radius 1 is 1.29 bits per heavy atom. The van der Waals surface area contributed by atoms with Crippen molar-refractivity contribution in [2.24, 2.45) is 0 Å². The van der Waals surface area contributed by atoms with Crippen molar-refractivity contribution in [1.82, 2.24) is 10.2 Å². The molecule has 1 aromatic carbocycles. The second-order valence-electron chi connectivity index (χ2n) is 4.90. The van der Waals surface area contributed by atoms with Gasteiger partial charge in [-0.1, -0.05) is 15.9 Å². The Morgan fingerprint density at radius 2 is 1.86 bits per heavy atom. The van der Waals surface area contributed by atoms with Crippen molar-refractivity contribution < 1.29 is 14.3 Å². The van der Waals surface area contributed by atoms with Gasteiger partial charge in [-0.25, -0.2) is 0 Å². The van der Waals surface area contributed by atoms with E-state index < -0.39 is 0 Å². The van der Waals surface area contributed by atoms with Crippen molar-refractivity contribution in [2.75, 3.05) is 27.2 Å². The maximum atomic E-state index is 12.0. The van der Waals surface area contributed by atoms with Crippen LogP contribution in [-0.4, -0.2) is 44.0 Å². The van der Waals surface area contributed by atoms with Crippen LogP contribution in [-0.2, 0) is 9.59 Å². The van der Waals surface area contributed by atoms with E-state index in [-0.39, 0.29) is 24.8 Å². The molecule has 5 nitrogen and oxygen atoms in total. The van der Waals surface area contributed by atoms with Gasteiger partial charge in [0.25, 0.3) is 5.91 Å². The van der Waals surface area contributed by atoms with Crippen molar-refractivity contribution in [1.29, 1.82) is 0 Å². The molecule has 1 rings (SSSR count). The number of hydrogen-bond donors (Lipinski definition) is 1. The Labute approximate surface area is 133 Å². The van der Waals surface area contributed by atoms with Crippen LogP contribution in [0.25, 0.3) is 0 Å². The molecule has 0 spiro atoms. The van der Waals surface area contributed by atoms with E-state index in [2.05, 4.69) is 21.2 Å². The highest BCUT2D eigenvalue weighted by molar-refractivity contribution is 9.10. The van der Waals surface area contributed by atoms with Crippen molar-refractivity contribution in [3.8, 4) is 5.75 Å². The molecule has 0 radical (unpaired) electrons. The fraction of sp³-hybridized carbons (Fsp3) is 0.467. The fourth-order valence-electron chi connectivity index (χ4n) is 1.89. The van der Waals surface area contributed by atoms with Crippen LogP contribution >= 0.6 is 15.9 Å². The number of rotatable bonds is 6. The summed E-state index contributed by atoms with van der Waals surface area (Å²) in [6, 6.07) is 3.89. The van der Waals surface area contributed by atoms with E-state index >= 15 is 0 Å². The molecule has 0 heterocycles. The summed E-state index contributed by atoms with van der Waals surface area (Å²) in [4.78, 5) is 24.6. The van der Waals surface area contributed by atoms with E-state index in [0.29, 0.717) is 6.54 Å². The molecule has 0 saturated heterocycles. The van der Waals surface area contributed by atoms with E-state index in [1.165, 1.54) is 4.90 Å². The number of hydrogen-bond acceptors (Lipinski definition) is 3. The highest BCUT2D eigenvalue weighted by atomic mass is 79.9. The number of nitrogens with one attached hydrogen (secondary N) is 1. The molecule has 6 heteroatoms. The number of nitrogens with zero attached hydrogens (tertiary/aromatic N) is 1. The van der Waals surface area contributed by atoms with E-state index in [4.69, 9.17) is 4.74 Å². The minimum absolute atomic E-state index is 0.0342. The van der Waals surface area contributed by atoms with Crippen LogP contribution in [0.3, 0.4) is 0 Å². The van der Waals surface area contributed by atoms with E-state index in [9.17, 15) is 9.59 Å². The summed E-state index contributed by atoms with van der Waals surface area (Å²) >= 11 is 3.42. The van der Waals surface area contributed by atoms with Crippen LogP contribution in [0.5, 0.6) is 5.75 Å². The summed E-state index contributed by atoms with van der Waals surface area (Å²) in [7, 11) is 3.24. The van der Waals surface area contributed by atoms with Gasteiger partial charge in [-0.15, -0.1) is 0 Å². The third-order valence-corrected chi connectivity index (χ3v) is 3.60. The number of halogens is 1. The molecular formula is C15H21BrN2O3. The van der Waals surface area contributed by atoms with Crippen LogP contribution in [0.4, 0.5) is 0 Å². The molecule has 0 saturated carbocycles. The lowest BCUT2D eigenvalue weighted by molar-refractivity contribution is -0.132. The minimum atomic E-state index is -0.152. The Bertz CT molecular complexity index is 509. The Hall–Kier alpha value is -1.56. The molecule has 0 aliphatic rings. The summed E-state index contributed by atoms with van der Waals surface area (Å²) in [6.45, 7) is 4.22. The largest absolute Gasteiger partial charge is 0.483 e. The Morgan fingerprint density at radius 3 is 2.38 bits per heavy atom. The average Bonchev–Trinajstić information content (AvgIpc) is 2.42. The SMILES string of the molecule is CNC(=O)CCN(C)C(=O)COc1c(C)cc(Br)cc1C. The van der Waals surface area contributed by atoms with Gasteiger partial charge in [0.1, 0.15) is 5.75 Å². The molecule has 0 aromatic heterocycles. The molecule has 0 unspecified atom stereocenters. The highest BCUT2D eigenvalue weighted by Crippen LogP contribution is 2.27. The standard InChI is InChI=1S/C15H21BrN2O3/c1-10-7-12(16)8-11(2)15(10)21-9-14(20)18(4)6-5-13(19)17-3/h7-8H,5-6,9H2,1-4H3,(H,17,19). The third-order valence-electron chi connectivity index (χ3n) is 3.14. The molecule has 0 fully saturated rings. The number of carbonyl (C=O) groups is 2. The maximum Gasteiger partial charge on any atom is 0.260 e. The van der Waals surface area contributed by atoms with Crippen LogP contribution in [0.15, 0.2) is 16.6 Å². The highest BCUT2D eigenvalue weighted by Gasteiger charge is 2.13. The molecule has 21 heavy (non-hydrogen) atoms. The Kier molecular flexibility index (Phi) is 6.68. The van der Waals surface area contributed by atoms with Gasteiger partial charge in [0, 0.05) is 31.5 Å². The zero-order chi connectivity index (χ0) is 16.0. The van der Waals surface area contributed by atoms with Gasteiger partial charge in [0.2, 0.25) is 5.91 Å². The van der Waals surface area contributed by atoms with Gasteiger partial charge in [0.05, 0.1) is 0 Å². The molecule has 2 amide bonds. The zero-order valence-electron chi connectivity index (χ0n) is 12.8. The minimum Gasteiger partial charge on any atom is -0.483 e. The lowest BCUT2D eigenvalue weighted by atomic mass is 10.1. The average molecular weight is 357 g/mol. The molecule has 0 aliphatic heterocycles. The molecule has 116 valence electrons. The van der Waals surface area contributed by atoms with Gasteiger partial charge in [-0.05, 0) is 37.1 Å². The van der Waals surface area contributed by atoms with E-state index in [1.54, 1.807) is 14.1 Å². The summed E-state index contributed by atoms with van der Waals surface area (Å²) in [5.74, 6) is 0.488. The van der Waals surface area contributed by atoms with E-state index in [1.807, 2.05) is 26.0 Å². The quantitative estimate of drug-likeness (QED) is 0.848. The summed E-state index contributed by atoms with van der Waals surface area (Å²) < 4.78 is 6.61. The first-order valence-corrected chi connectivity index (χ1v) is 7.48. The normalized spacial score (nSPS) is 10.1. The van der Waals surface area contributed by atoms with Crippen molar-refractivity contribution >= 4 is 27.7 Å². The van der Waals surface area contributed by atoms with Crippen molar-refractivity contribution in [3.05, 3.63) is 27.7 Å². The number of amides is 2. The number of benzene rings is 1. The number of ether oxygens (including phenoxy) is 1. The smallest absolute Gasteiger partial charge is 0.260 e. The third kappa shape index (κ3) is 5.38. The first kappa shape index (κ1) is 17.5. The molecule has 0 bridgehead atoms. The summed E-state index contributed by atoms with van der Waals surface area (Å²) in [5, 5.41) is 2.52. The van der Waals surface area contributed by atoms with Gasteiger partial charge in [-0.3, -0.25) is 9.59 Å². The van der Waals surface area contributed by atoms with Crippen LogP contribution in [0.1, 0.15) is 17.5 Å². The molecule has 0 aliphatic carbocycles. The summed E-state index contributed by atoms with van der Waals surface area (Å²) in [5.41, 5.74) is 1.95. The van der Waals surface area contributed by atoms with Crippen molar-refractivity contribution in [2.45, 2.75) is 20.3 Å². The monoisotopic (exact) mass is 356 g/mol. The first-order chi connectivity index (χ1) is 9.85. The topological polar surface area (TPSA) is 58.6 Å². The molecule has 1 aromatic rings. The second-order valence-corrected chi connectivity index (χ2v) is 5.81. The predicted octanol–water partition coefficient (Wildman–Crippen LogP) is 2.04. The molecular weight excluding hydrogens is 336 g/mol. The van der Waals surface area contributed by atoms with Gasteiger partial charge >= 0.3 is 0 Å². The van der Waals surface area contributed by atoms with Crippen LogP contribution < -0.4 is 10.1 Å². The van der Waals surface area contributed by atoms with Gasteiger partial charge < -0.3 is 15.0 Å². The number of aryl methyl sites for hydroxylation is 2. The second kappa shape index (κ2) is 8.02. The Balaban J connectivity index is 2.55. The predicted molar refractivity (Wildman–Crippen MR) is 85.4 cm³/mol. The molecule has 1 N–H and O–H groups in total. The van der Waals surface area contributed by atoms with Crippen LogP contribution in [0, 0.1) is 13.8 Å². The number of likely N-dealkylation sites (N-methyl/N-ethyl adjacent to an activating group) is 1. The fourth-order valence-corrected chi connectivity index (χ4v) is 2.57. The van der Waals surface area contributed by atoms with Crippen LogP contribution in [0.2, 0.25) is 0 Å². The van der Waals surface area contributed by atoms with Gasteiger partial charge in [0.15, 0.2) is 6.61 Å². The zero-order valence-corrected chi connectivity index (χ0v) is 14.4. The molecule has 0 atom stereocenters. The van der Waals surface area contributed by atoms with Gasteiger partial charge in [-0.2, -0.15) is 0 Å². The maximum absolute atomic E-state index is 12.0. The van der Waals surface area contributed by atoms with E-state index in [0.717, 1.165) is 21.3 Å². The van der Waals surface area contributed by atoms with Crippen molar-refractivity contribution in [3.63, 3.8) is 0 Å². The lowest BCUT2D eigenvalue weighted by Gasteiger charge is -2.18. The summed E-state index contributed by atoms with van der Waals surface area (Å²) in [6.07, 6.45) is 0.287. The first-order valence-electron chi connectivity index (χ1n) is 6.69. The number of carbonyl (C=O) groups excluding carboxylic acids is 2. The lowest BCUT2D eigenvalue weighted by Crippen LogP contribution is -2.34.